The lowest BCUT2D eigenvalue weighted by atomic mass is 10.0. The molecule has 0 fully saturated rings. The Labute approximate surface area is 123 Å². The van der Waals surface area contributed by atoms with Gasteiger partial charge in [0.15, 0.2) is 0 Å². The van der Waals surface area contributed by atoms with Crippen molar-refractivity contribution in [2.24, 2.45) is 0 Å². The van der Waals surface area contributed by atoms with Crippen molar-refractivity contribution in [1.82, 2.24) is 5.32 Å². The SMILES string of the molecule is CCOC(CC)c1ccc(CNC(C)CCOC)cc1. The van der Waals surface area contributed by atoms with E-state index in [1.807, 2.05) is 6.92 Å². The van der Waals surface area contributed by atoms with Crippen molar-refractivity contribution in [2.45, 2.75) is 52.3 Å². The van der Waals surface area contributed by atoms with Crippen molar-refractivity contribution in [3.8, 4) is 0 Å². The van der Waals surface area contributed by atoms with Crippen LogP contribution in [0.25, 0.3) is 0 Å². The molecule has 0 spiro atoms. The lowest BCUT2D eigenvalue weighted by Crippen LogP contribution is -2.26. The van der Waals surface area contributed by atoms with Gasteiger partial charge < -0.3 is 14.8 Å². The molecule has 3 nitrogen and oxygen atoms in total. The highest BCUT2D eigenvalue weighted by molar-refractivity contribution is 5.24. The van der Waals surface area contributed by atoms with Gasteiger partial charge in [0.2, 0.25) is 0 Å². The van der Waals surface area contributed by atoms with Gasteiger partial charge in [-0.15, -0.1) is 0 Å². The Hall–Kier alpha value is -0.900. The predicted molar refractivity (Wildman–Crippen MR) is 83.9 cm³/mol. The van der Waals surface area contributed by atoms with Crippen LogP contribution in [0.5, 0.6) is 0 Å². The zero-order valence-corrected chi connectivity index (χ0v) is 13.3. The van der Waals surface area contributed by atoms with E-state index < -0.39 is 0 Å². The van der Waals surface area contributed by atoms with E-state index in [0.717, 1.165) is 32.6 Å². The molecule has 0 aliphatic rings. The highest BCUT2D eigenvalue weighted by atomic mass is 16.5. The molecular formula is C17H29NO2. The summed E-state index contributed by atoms with van der Waals surface area (Å²) in [6, 6.07) is 9.21. The maximum absolute atomic E-state index is 5.73. The smallest absolute Gasteiger partial charge is 0.0822 e. The summed E-state index contributed by atoms with van der Waals surface area (Å²) in [6.45, 7) is 8.86. The molecule has 1 aromatic rings. The van der Waals surface area contributed by atoms with Crippen LogP contribution < -0.4 is 5.32 Å². The highest BCUT2D eigenvalue weighted by Crippen LogP contribution is 2.21. The number of ether oxygens (including phenoxy) is 2. The van der Waals surface area contributed by atoms with Gasteiger partial charge in [0.25, 0.3) is 0 Å². The van der Waals surface area contributed by atoms with Crippen LogP contribution in [0.3, 0.4) is 0 Å². The standard InChI is InChI=1S/C17H29NO2/c1-5-17(20-6-2)16-9-7-15(8-10-16)13-18-14(3)11-12-19-4/h7-10,14,17-18H,5-6,11-13H2,1-4H3. The van der Waals surface area contributed by atoms with Crippen molar-refractivity contribution >= 4 is 0 Å². The second kappa shape index (κ2) is 9.92. The van der Waals surface area contributed by atoms with Crippen LogP contribution in [-0.2, 0) is 16.0 Å². The van der Waals surface area contributed by atoms with Crippen LogP contribution in [0, 0.1) is 0 Å². The number of hydrogen-bond acceptors (Lipinski definition) is 3. The number of nitrogens with one attached hydrogen (secondary N) is 1. The minimum absolute atomic E-state index is 0.225. The maximum Gasteiger partial charge on any atom is 0.0822 e. The maximum atomic E-state index is 5.73. The Kier molecular flexibility index (Phi) is 8.51. The molecule has 0 aliphatic carbocycles. The molecule has 0 amide bonds. The van der Waals surface area contributed by atoms with Gasteiger partial charge in [-0.25, -0.2) is 0 Å². The first-order valence-electron chi connectivity index (χ1n) is 7.64. The van der Waals surface area contributed by atoms with E-state index >= 15 is 0 Å². The average molecular weight is 279 g/mol. The van der Waals surface area contributed by atoms with Gasteiger partial charge in [0.05, 0.1) is 6.10 Å². The molecule has 114 valence electrons. The van der Waals surface area contributed by atoms with E-state index in [1.54, 1.807) is 7.11 Å². The average Bonchev–Trinajstić information content (AvgIpc) is 2.49. The largest absolute Gasteiger partial charge is 0.385 e. The van der Waals surface area contributed by atoms with Crippen LogP contribution in [0.2, 0.25) is 0 Å². The second-order valence-corrected chi connectivity index (χ2v) is 5.16. The third kappa shape index (κ3) is 6.04. The zero-order chi connectivity index (χ0) is 14.8. The molecule has 20 heavy (non-hydrogen) atoms. The van der Waals surface area contributed by atoms with Gasteiger partial charge in [0, 0.05) is 32.9 Å². The number of hydrogen-bond donors (Lipinski definition) is 1. The van der Waals surface area contributed by atoms with Crippen molar-refractivity contribution < 1.29 is 9.47 Å². The van der Waals surface area contributed by atoms with E-state index in [1.165, 1.54) is 11.1 Å². The van der Waals surface area contributed by atoms with E-state index in [0.29, 0.717) is 6.04 Å². The minimum atomic E-state index is 0.225. The molecule has 3 heteroatoms. The van der Waals surface area contributed by atoms with Crippen LogP contribution in [0.15, 0.2) is 24.3 Å². The fourth-order valence-corrected chi connectivity index (χ4v) is 2.19. The summed E-state index contributed by atoms with van der Waals surface area (Å²) < 4.78 is 10.8. The van der Waals surface area contributed by atoms with Crippen molar-refractivity contribution in [2.75, 3.05) is 20.3 Å². The zero-order valence-electron chi connectivity index (χ0n) is 13.3. The molecule has 0 aromatic heterocycles. The molecule has 0 bridgehead atoms. The van der Waals surface area contributed by atoms with Gasteiger partial charge >= 0.3 is 0 Å². The Morgan fingerprint density at radius 1 is 1.15 bits per heavy atom. The lowest BCUT2D eigenvalue weighted by molar-refractivity contribution is 0.0598. The molecule has 0 saturated carbocycles. The molecule has 0 radical (unpaired) electrons. The molecule has 0 saturated heterocycles. The Morgan fingerprint density at radius 3 is 2.40 bits per heavy atom. The van der Waals surface area contributed by atoms with Gasteiger partial charge in [-0.2, -0.15) is 0 Å². The Balaban J connectivity index is 2.45. The lowest BCUT2D eigenvalue weighted by Gasteiger charge is -2.16. The predicted octanol–water partition coefficient (Wildman–Crippen LogP) is 3.69. The first-order valence-corrected chi connectivity index (χ1v) is 7.64. The summed E-state index contributed by atoms with van der Waals surface area (Å²) >= 11 is 0. The summed E-state index contributed by atoms with van der Waals surface area (Å²) in [4.78, 5) is 0. The summed E-state index contributed by atoms with van der Waals surface area (Å²) in [6.07, 6.45) is 2.28. The van der Waals surface area contributed by atoms with Crippen molar-refractivity contribution in [3.05, 3.63) is 35.4 Å². The summed E-state index contributed by atoms with van der Waals surface area (Å²) in [5.74, 6) is 0. The van der Waals surface area contributed by atoms with Crippen LogP contribution >= 0.6 is 0 Å². The third-order valence-corrected chi connectivity index (χ3v) is 3.50. The molecule has 1 rings (SSSR count). The molecule has 2 atom stereocenters. The first-order chi connectivity index (χ1) is 9.71. The van der Waals surface area contributed by atoms with Gasteiger partial charge in [0.1, 0.15) is 0 Å². The van der Waals surface area contributed by atoms with E-state index in [2.05, 4.69) is 43.4 Å². The highest BCUT2D eigenvalue weighted by Gasteiger charge is 2.08. The van der Waals surface area contributed by atoms with Crippen LogP contribution in [-0.4, -0.2) is 26.4 Å². The van der Waals surface area contributed by atoms with E-state index in [9.17, 15) is 0 Å². The Morgan fingerprint density at radius 2 is 1.85 bits per heavy atom. The van der Waals surface area contributed by atoms with Crippen molar-refractivity contribution in [3.63, 3.8) is 0 Å². The van der Waals surface area contributed by atoms with Gasteiger partial charge in [-0.3, -0.25) is 0 Å². The fraction of sp³-hybridized carbons (Fsp3) is 0.647. The summed E-state index contributed by atoms with van der Waals surface area (Å²) in [7, 11) is 1.74. The second-order valence-electron chi connectivity index (χ2n) is 5.16. The van der Waals surface area contributed by atoms with E-state index in [-0.39, 0.29) is 6.10 Å². The molecular weight excluding hydrogens is 250 g/mol. The molecule has 2 unspecified atom stereocenters. The number of methoxy groups -OCH3 is 1. The monoisotopic (exact) mass is 279 g/mol. The Bertz CT molecular complexity index is 351. The topological polar surface area (TPSA) is 30.5 Å². The molecule has 0 heterocycles. The number of benzene rings is 1. The summed E-state index contributed by atoms with van der Waals surface area (Å²) in [5.41, 5.74) is 2.58. The normalized spacial score (nSPS) is 14.2. The number of rotatable bonds is 10. The fourth-order valence-electron chi connectivity index (χ4n) is 2.19. The quantitative estimate of drug-likeness (QED) is 0.708. The third-order valence-electron chi connectivity index (χ3n) is 3.50. The first kappa shape index (κ1) is 17.2. The molecule has 1 N–H and O–H groups in total. The van der Waals surface area contributed by atoms with Crippen molar-refractivity contribution in [1.29, 1.82) is 0 Å². The van der Waals surface area contributed by atoms with Gasteiger partial charge in [-0.1, -0.05) is 31.2 Å². The molecule has 1 aromatic carbocycles. The minimum Gasteiger partial charge on any atom is -0.385 e. The van der Waals surface area contributed by atoms with Crippen LogP contribution in [0.1, 0.15) is 50.8 Å². The summed E-state index contributed by atoms with van der Waals surface area (Å²) in [5, 5.41) is 3.51. The van der Waals surface area contributed by atoms with E-state index in [4.69, 9.17) is 9.47 Å². The van der Waals surface area contributed by atoms with Crippen LogP contribution in [0.4, 0.5) is 0 Å². The van der Waals surface area contributed by atoms with Gasteiger partial charge in [-0.05, 0) is 37.8 Å². The molecule has 0 aliphatic heterocycles.